The minimum Gasteiger partial charge on any atom is -0.309 e. The first-order valence-corrected chi connectivity index (χ1v) is 20.6. The van der Waals surface area contributed by atoms with Crippen LogP contribution in [0.15, 0.2) is 79.4 Å². The zero-order valence-electron chi connectivity index (χ0n) is 34.6. The minimum absolute atomic E-state index is 0.270. The molecule has 0 aliphatic heterocycles. The molecule has 4 heterocycles. The lowest BCUT2D eigenvalue weighted by molar-refractivity contribution is 0.354. The first kappa shape index (κ1) is 36.2. The summed E-state index contributed by atoms with van der Waals surface area (Å²) in [5.41, 5.74) is 16.9. The van der Waals surface area contributed by atoms with Crippen molar-refractivity contribution in [3.8, 4) is 33.6 Å². The average Bonchev–Trinajstić information content (AvgIpc) is 3.65. The lowest BCUT2D eigenvalue weighted by atomic mass is 9.83. The van der Waals surface area contributed by atoms with Crippen molar-refractivity contribution in [3.05, 3.63) is 128 Å². The van der Waals surface area contributed by atoms with Crippen LogP contribution in [0.3, 0.4) is 0 Å². The highest BCUT2D eigenvalue weighted by Crippen LogP contribution is 2.40. The van der Waals surface area contributed by atoms with Gasteiger partial charge in [-0.2, -0.15) is 0 Å². The van der Waals surface area contributed by atoms with Gasteiger partial charge in [0.1, 0.15) is 0 Å². The zero-order chi connectivity index (χ0) is 39.0. The van der Waals surface area contributed by atoms with E-state index in [2.05, 4.69) is 160 Å². The van der Waals surface area contributed by atoms with Crippen LogP contribution in [0.1, 0.15) is 81.2 Å². The summed E-state index contributed by atoms with van der Waals surface area (Å²) in [7, 11) is 0. The third kappa shape index (κ3) is 5.79. The highest BCUT2D eigenvalue weighted by Gasteiger charge is 2.23. The van der Waals surface area contributed by atoms with Gasteiger partial charge in [0, 0.05) is 62.7 Å². The molecule has 0 amide bonds. The van der Waals surface area contributed by atoms with Crippen molar-refractivity contribution in [2.75, 3.05) is 0 Å². The summed E-state index contributed by atoms with van der Waals surface area (Å²) < 4.78 is 4.92. The molecule has 7 aromatic rings. The summed E-state index contributed by atoms with van der Waals surface area (Å²) in [6.45, 7) is 20.9. The van der Waals surface area contributed by atoms with Gasteiger partial charge >= 0.3 is 0 Å². The number of nitrogens with zero attached hydrogens (tertiary/aromatic N) is 4. The van der Waals surface area contributed by atoms with Crippen molar-refractivity contribution < 1.29 is 0 Å². The van der Waals surface area contributed by atoms with Gasteiger partial charge in [-0.15, -0.1) is 0 Å². The summed E-state index contributed by atoms with van der Waals surface area (Å²) in [6, 6.07) is 20.9. The first-order valence-electron chi connectivity index (χ1n) is 20.6. The summed E-state index contributed by atoms with van der Waals surface area (Å²) in [6.07, 6.45) is 22.3. The van der Waals surface area contributed by atoms with Gasteiger partial charge in [-0.05, 0) is 164 Å². The standard InChI is InChI=1S/C52H54N4/c1-10-37-28-43-45-30-54-23-19-48(45)56(49(43)27-31(37)2)39-14-16-41(33(4)26-39)51-35(6)24-34(5)50(36(51)7)40-15-13-38(25-32(40)3)55-46-17-21-52(8,9)20-11-12-42(46)44-29-53-22-18-47(44)55/h12-19,22-31,37H,10-11,20-21H2,1-9H3/b42-12-,46-17-. The maximum absolute atomic E-state index is 4.55. The molecule has 0 fully saturated rings. The third-order valence-electron chi connectivity index (χ3n) is 13.1. The van der Waals surface area contributed by atoms with Crippen molar-refractivity contribution in [2.24, 2.45) is 17.3 Å². The molecule has 9 rings (SSSR count). The average molecular weight is 735 g/mol. The number of benzene rings is 3. The van der Waals surface area contributed by atoms with Crippen LogP contribution in [0.5, 0.6) is 0 Å². The number of hydrogen-bond donors (Lipinski definition) is 0. The number of aromatic nitrogens is 4. The Hall–Kier alpha value is -5.48. The van der Waals surface area contributed by atoms with Crippen LogP contribution in [-0.2, 0) is 0 Å². The Morgan fingerprint density at radius 3 is 1.80 bits per heavy atom. The SMILES string of the molecule is CCC1C=c2c(n(-c3ccc(-c4c(C)cc(C)c(-c5ccc(-n6c7/c(c8cnccc86)=C\CCC(C)(C)C/C=7)cc5C)c4C)c(C)c3)c3ccncc23)=CC1C. The molecule has 4 heteroatoms. The second kappa shape index (κ2) is 13.6. The van der Waals surface area contributed by atoms with Gasteiger partial charge in [0.15, 0.2) is 0 Å². The topological polar surface area (TPSA) is 35.6 Å². The molecule has 0 spiro atoms. The Morgan fingerprint density at radius 2 is 1.23 bits per heavy atom. The van der Waals surface area contributed by atoms with E-state index in [9.17, 15) is 0 Å². The maximum atomic E-state index is 4.55. The molecule has 0 bridgehead atoms. The fourth-order valence-corrected chi connectivity index (χ4v) is 10.1. The molecule has 282 valence electrons. The van der Waals surface area contributed by atoms with Crippen LogP contribution < -0.4 is 21.1 Å². The molecule has 3 aromatic carbocycles. The van der Waals surface area contributed by atoms with E-state index >= 15 is 0 Å². The van der Waals surface area contributed by atoms with E-state index in [-0.39, 0.29) is 5.41 Å². The van der Waals surface area contributed by atoms with E-state index in [0.29, 0.717) is 11.8 Å². The molecule has 0 saturated carbocycles. The van der Waals surface area contributed by atoms with E-state index in [1.807, 2.05) is 24.8 Å². The largest absolute Gasteiger partial charge is 0.309 e. The Morgan fingerprint density at radius 1 is 0.661 bits per heavy atom. The summed E-state index contributed by atoms with van der Waals surface area (Å²) in [5, 5.41) is 7.68. The van der Waals surface area contributed by atoms with E-state index in [1.54, 1.807) is 0 Å². The van der Waals surface area contributed by atoms with Crippen LogP contribution in [-0.4, -0.2) is 19.1 Å². The number of pyridine rings is 2. The van der Waals surface area contributed by atoms with E-state index in [4.69, 9.17) is 0 Å². The number of fused-ring (bicyclic) bond motifs is 6. The van der Waals surface area contributed by atoms with Gasteiger partial charge < -0.3 is 9.13 Å². The number of hydrogen-bond acceptors (Lipinski definition) is 2. The normalized spacial score (nSPS) is 18.8. The Kier molecular flexibility index (Phi) is 8.80. The lowest BCUT2D eigenvalue weighted by Crippen LogP contribution is -2.34. The van der Waals surface area contributed by atoms with Gasteiger partial charge in [-0.1, -0.05) is 70.2 Å². The number of rotatable bonds is 5. The highest BCUT2D eigenvalue weighted by molar-refractivity contribution is 5.88. The monoisotopic (exact) mass is 734 g/mol. The predicted octanol–water partition coefficient (Wildman–Crippen LogP) is 10.2. The molecular formula is C52H54N4. The van der Waals surface area contributed by atoms with Crippen LogP contribution in [0.2, 0.25) is 0 Å². The van der Waals surface area contributed by atoms with Crippen LogP contribution >= 0.6 is 0 Å². The molecular weight excluding hydrogens is 681 g/mol. The first-order chi connectivity index (χ1) is 27.0. The Balaban J connectivity index is 1.16. The molecule has 0 saturated heterocycles. The van der Waals surface area contributed by atoms with E-state index in [0.717, 1.165) is 19.3 Å². The fraction of sp³-hybridized carbons (Fsp3) is 0.308. The summed E-state index contributed by atoms with van der Waals surface area (Å²) in [5.74, 6) is 1.03. The maximum Gasteiger partial charge on any atom is 0.0571 e. The van der Waals surface area contributed by atoms with Crippen LogP contribution in [0.4, 0.5) is 0 Å². The van der Waals surface area contributed by atoms with Crippen molar-refractivity contribution in [1.82, 2.24) is 19.1 Å². The van der Waals surface area contributed by atoms with Gasteiger partial charge in [0.25, 0.3) is 0 Å². The van der Waals surface area contributed by atoms with Gasteiger partial charge in [-0.25, -0.2) is 0 Å². The Labute approximate surface area is 331 Å². The molecule has 56 heavy (non-hydrogen) atoms. The molecule has 2 unspecified atom stereocenters. The minimum atomic E-state index is 0.270. The molecule has 0 N–H and O–H groups in total. The van der Waals surface area contributed by atoms with Crippen molar-refractivity contribution >= 4 is 46.1 Å². The molecule has 4 aromatic heterocycles. The highest BCUT2D eigenvalue weighted by atomic mass is 15.0. The van der Waals surface area contributed by atoms with Crippen molar-refractivity contribution in [2.45, 2.75) is 88.0 Å². The fourth-order valence-electron chi connectivity index (χ4n) is 10.1. The molecule has 2 aliphatic rings. The van der Waals surface area contributed by atoms with Gasteiger partial charge in [-0.3, -0.25) is 9.97 Å². The smallest absolute Gasteiger partial charge is 0.0571 e. The molecule has 2 aliphatic carbocycles. The van der Waals surface area contributed by atoms with Crippen molar-refractivity contribution in [3.63, 3.8) is 0 Å². The van der Waals surface area contributed by atoms with Gasteiger partial charge in [0.2, 0.25) is 0 Å². The lowest BCUT2D eigenvalue weighted by Gasteiger charge is -2.23. The van der Waals surface area contributed by atoms with Crippen molar-refractivity contribution in [1.29, 1.82) is 0 Å². The Bertz CT molecular complexity index is 2990. The van der Waals surface area contributed by atoms with Crippen LogP contribution in [0, 0.1) is 51.9 Å². The van der Waals surface area contributed by atoms with Gasteiger partial charge in [0.05, 0.1) is 16.4 Å². The summed E-state index contributed by atoms with van der Waals surface area (Å²) >= 11 is 0. The molecule has 0 radical (unpaired) electrons. The van der Waals surface area contributed by atoms with Crippen LogP contribution in [0.25, 0.3) is 79.7 Å². The molecule has 4 nitrogen and oxygen atoms in total. The summed E-state index contributed by atoms with van der Waals surface area (Å²) in [4.78, 5) is 9.09. The number of aryl methyl sites for hydroxylation is 4. The second-order valence-electron chi connectivity index (χ2n) is 17.5. The predicted molar refractivity (Wildman–Crippen MR) is 237 cm³/mol. The zero-order valence-corrected chi connectivity index (χ0v) is 34.6. The second-order valence-corrected chi connectivity index (χ2v) is 17.5. The third-order valence-corrected chi connectivity index (χ3v) is 13.1. The molecule has 2 atom stereocenters. The quantitative estimate of drug-likeness (QED) is 0.177. The van der Waals surface area contributed by atoms with E-state index in [1.165, 1.54) is 111 Å². The van der Waals surface area contributed by atoms with E-state index < -0.39 is 0 Å².